The second kappa shape index (κ2) is 10.4. The largest absolute Gasteiger partial charge is 0.383 e. The first-order valence-corrected chi connectivity index (χ1v) is 13.6. The van der Waals surface area contributed by atoms with Crippen molar-refractivity contribution in [3.63, 3.8) is 0 Å². The summed E-state index contributed by atoms with van der Waals surface area (Å²) in [4.78, 5) is 20.6. The fourth-order valence-electron chi connectivity index (χ4n) is 4.98. The Bertz CT molecular complexity index is 1510. The Kier molecular flexibility index (Phi) is 7.06. The molecule has 1 aliphatic heterocycles. The number of benzene rings is 2. The number of hydrogen-bond donors (Lipinski definition) is 2. The maximum atomic E-state index is 14.1. The number of nitrogens with zero attached hydrogens (tertiary/aromatic N) is 3. The van der Waals surface area contributed by atoms with E-state index in [9.17, 15) is 10.1 Å². The second-order valence-corrected chi connectivity index (χ2v) is 11.1. The number of aromatic nitrogens is 1. The molecule has 2 atom stereocenters. The van der Waals surface area contributed by atoms with Crippen LogP contribution < -0.4 is 11.1 Å². The Morgan fingerprint density at radius 2 is 1.79 bits per heavy atom. The summed E-state index contributed by atoms with van der Waals surface area (Å²) in [6.07, 6.45) is -0.147. The van der Waals surface area contributed by atoms with E-state index in [0.29, 0.717) is 46.2 Å². The van der Waals surface area contributed by atoms with Gasteiger partial charge in [-0.15, -0.1) is 11.3 Å². The maximum Gasteiger partial charge on any atom is 0.259 e. The number of anilines is 3. The molecule has 0 saturated carbocycles. The van der Waals surface area contributed by atoms with Crippen LogP contribution in [0.3, 0.4) is 0 Å². The van der Waals surface area contributed by atoms with Crippen LogP contribution in [0.25, 0.3) is 21.3 Å². The molecular weight excluding hydrogens is 494 g/mol. The normalized spacial score (nSPS) is 17.5. The number of rotatable bonds is 5. The van der Waals surface area contributed by atoms with Crippen molar-refractivity contribution in [2.45, 2.75) is 45.8 Å². The monoisotopic (exact) mass is 525 g/mol. The zero-order valence-corrected chi connectivity index (χ0v) is 22.8. The van der Waals surface area contributed by atoms with E-state index >= 15 is 0 Å². The van der Waals surface area contributed by atoms with Gasteiger partial charge in [0, 0.05) is 24.3 Å². The molecule has 2 aromatic heterocycles. The number of fused-ring (bicyclic) bond motifs is 1. The number of nitrogen functional groups attached to an aromatic ring is 1. The van der Waals surface area contributed by atoms with Crippen molar-refractivity contribution >= 4 is 44.0 Å². The number of amides is 1. The van der Waals surface area contributed by atoms with Gasteiger partial charge >= 0.3 is 0 Å². The van der Waals surface area contributed by atoms with E-state index in [4.69, 9.17) is 10.5 Å². The highest BCUT2D eigenvalue weighted by Gasteiger charge is 2.32. The summed E-state index contributed by atoms with van der Waals surface area (Å²) in [5.41, 5.74) is 11.3. The molecule has 3 heterocycles. The number of hydrogen-bond acceptors (Lipinski definition) is 7. The number of carbonyl (C=O) groups excluding carboxylic acids is 1. The molecule has 0 aliphatic carbocycles. The van der Waals surface area contributed by atoms with Crippen molar-refractivity contribution in [3.8, 4) is 17.2 Å². The fourth-order valence-corrected chi connectivity index (χ4v) is 6.21. The Balaban J connectivity index is 1.71. The van der Waals surface area contributed by atoms with Crippen LogP contribution in [-0.2, 0) is 4.74 Å². The lowest BCUT2D eigenvalue weighted by atomic mass is 9.99. The number of nitrogens with two attached hydrogens (primary N) is 1. The van der Waals surface area contributed by atoms with Gasteiger partial charge in [0.25, 0.3) is 5.91 Å². The minimum absolute atomic E-state index is 0.0734. The summed E-state index contributed by atoms with van der Waals surface area (Å²) < 4.78 is 6.63. The van der Waals surface area contributed by atoms with Crippen LogP contribution in [0.2, 0.25) is 0 Å². The summed E-state index contributed by atoms with van der Waals surface area (Å²) in [6.45, 7) is 9.23. The predicted octanol–water partition coefficient (Wildman–Crippen LogP) is 6.53. The third-order valence-corrected chi connectivity index (χ3v) is 7.89. The Morgan fingerprint density at radius 1 is 1.13 bits per heavy atom. The molecule has 3 N–H and O–H groups in total. The van der Waals surface area contributed by atoms with Gasteiger partial charge in [-0.2, -0.15) is 5.26 Å². The number of thiophene rings is 1. The van der Waals surface area contributed by atoms with Gasteiger partial charge in [-0.1, -0.05) is 56.3 Å². The van der Waals surface area contributed by atoms with E-state index in [1.165, 1.54) is 16.9 Å². The first-order chi connectivity index (χ1) is 18.3. The van der Waals surface area contributed by atoms with Crippen molar-refractivity contribution < 1.29 is 9.53 Å². The molecule has 4 aromatic rings. The van der Waals surface area contributed by atoms with Gasteiger partial charge in [0.1, 0.15) is 28.0 Å². The van der Waals surface area contributed by atoms with Crippen LogP contribution in [-0.4, -0.2) is 41.1 Å². The minimum Gasteiger partial charge on any atom is -0.383 e. The van der Waals surface area contributed by atoms with Gasteiger partial charge in [0.05, 0.1) is 22.4 Å². The quantitative estimate of drug-likeness (QED) is 0.307. The topological polar surface area (TPSA) is 104 Å². The number of ether oxygens (including phenoxy) is 1. The van der Waals surface area contributed by atoms with Crippen LogP contribution >= 0.6 is 11.3 Å². The molecule has 2 unspecified atom stereocenters. The molecular formula is C30H31N5O2S. The molecule has 2 aromatic carbocycles. The number of carbonyl (C=O) groups is 1. The van der Waals surface area contributed by atoms with Gasteiger partial charge in [-0.3, -0.25) is 4.79 Å². The summed E-state index contributed by atoms with van der Waals surface area (Å²) in [6, 6.07) is 20.1. The Labute approximate surface area is 226 Å². The van der Waals surface area contributed by atoms with Gasteiger partial charge in [-0.05, 0) is 43.0 Å². The van der Waals surface area contributed by atoms with E-state index in [-0.39, 0.29) is 23.9 Å². The highest BCUT2D eigenvalue weighted by atomic mass is 32.1. The SMILES string of the molecule is CC1CN(C(=O)c2c(Nc3ccc(C(C)C)cc3)sc3c(-c4ccccc4)c(C#N)c(N)nc23)CC(C)O1. The zero-order chi connectivity index (χ0) is 27.0. The lowest BCUT2D eigenvalue weighted by Gasteiger charge is -2.35. The van der Waals surface area contributed by atoms with Gasteiger partial charge < -0.3 is 20.7 Å². The zero-order valence-electron chi connectivity index (χ0n) is 22.0. The predicted molar refractivity (Wildman–Crippen MR) is 154 cm³/mol. The molecule has 8 heteroatoms. The van der Waals surface area contributed by atoms with Crippen LogP contribution in [0.5, 0.6) is 0 Å². The summed E-state index contributed by atoms with van der Waals surface area (Å²) in [7, 11) is 0. The number of morpholine rings is 1. The molecule has 38 heavy (non-hydrogen) atoms. The minimum atomic E-state index is -0.129. The molecule has 194 valence electrons. The average molecular weight is 526 g/mol. The van der Waals surface area contributed by atoms with Gasteiger partial charge in [-0.25, -0.2) is 4.98 Å². The first kappa shape index (κ1) is 25.7. The fraction of sp³-hybridized carbons (Fsp3) is 0.300. The third-order valence-electron chi connectivity index (χ3n) is 6.78. The van der Waals surface area contributed by atoms with Crippen LogP contribution in [0.4, 0.5) is 16.5 Å². The van der Waals surface area contributed by atoms with Gasteiger partial charge in [0.2, 0.25) is 0 Å². The summed E-state index contributed by atoms with van der Waals surface area (Å²) in [5, 5.41) is 14.2. The molecule has 0 radical (unpaired) electrons. The molecule has 1 fully saturated rings. The molecule has 0 spiro atoms. The van der Waals surface area contributed by atoms with Crippen LogP contribution in [0.15, 0.2) is 54.6 Å². The van der Waals surface area contributed by atoms with E-state index < -0.39 is 0 Å². The molecule has 0 bridgehead atoms. The van der Waals surface area contributed by atoms with E-state index in [0.717, 1.165) is 16.0 Å². The lowest BCUT2D eigenvalue weighted by molar-refractivity contribution is -0.0585. The molecule has 5 rings (SSSR count). The van der Waals surface area contributed by atoms with E-state index in [2.05, 4.69) is 42.4 Å². The van der Waals surface area contributed by atoms with Crippen molar-refractivity contribution in [3.05, 3.63) is 71.3 Å². The highest BCUT2D eigenvalue weighted by molar-refractivity contribution is 7.24. The van der Waals surface area contributed by atoms with Crippen LogP contribution in [0, 0.1) is 11.3 Å². The average Bonchev–Trinajstić information content (AvgIpc) is 3.24. The smallest absolute Gasteiger partial charge is 0.259 e. The lowest BCUT2D eigenvalue weighted by Crippen LogP contribution is -2.48. The molecule has 7 nitrogen and oxygen atoms in total. The molecule has 1 amide bonds. The summed E-state index contributed by atoms with van der Waals surface area (Å²) >= 11 is 1.42. The van der Waals surface area contributed by atoms with E-state index in [1.54, 1.807) is 0 Å². The second-order valence-electron chi connectivity index (χ2n) is 10.1. The Hall–Kier alpha value is -3.93. The number of pyridine rings is 1. The third kappa shape index (κ3) is 4.83. The van der Waals surface area contributed by atoms with Crippen molar-refractivity contribution in [1.82, 2.24) is 9.88 Å². The van der Waals surface area contributed by atoms with Crippen molar-refractivity contribution in [1.29, 1.82) is 5.26 Å². The van der Waals surface area contributed by atoms with E-state index in [1.807, 2.05) is 61.2 Å². The van der Waals surface area contributed by atoms with Crippen molar-refractivity contribution in [2.75, 3.05) is 24.1 Å². The maximum absolute atomic E-state index is 14.1. The molecule has 1 aliphatic rings. The van der Waals surface area contributed by atoms with Crippen LogP contribution in [0.1, 0.15) is 55.1 Å². The molecule has 1 saturated heterocycles. The van der Waals surface area contributed by atoms with Gasteiger partial charge in [0.15, 0.2) is 0 Å². The standard InChI is InChI=1S/C30H31N5O2S/c1-17(2)20-10-12-22(13-11-20)33-29-25(30(36)35-15-18(3)37-19(4)16-35)26-27(38-29)24(21-8-6-5-7-9-21)23(14-31)28(32)34-26/h5-13,17-19,33H,15-16H2,1-4H3,(H2,32,34). The number of nitriles is 1. The summed E-state index contributed by atoms with van der Waals surface area (Å²) in [5.74, 6) is 0.401. The Morgan fingerprint density at radius 3 is 2.39 bits per heavy atom. The highest BCUT2D eigenvalue weighted by Crippen LogP contribution is 2.45. The first-order valence-electron chi connectivity index (χ1n) is 12.8. The van der Waals surface area contributed by atoms with Crippen molar-refractivity contribution in [2.24, 2.45) is 0 Å². The number of nitrogens with one attached hydrogen (secondary N) is 1.